The summed E-state index contributed by atoms with van der Waals surface area (Å²) < 4.78 is 0. The molecule has 0 amide bonds. The molecule has 2 fully saturated rings. The average Bonchev–Trinajstić information content (AvgIpc) is 2.30. The normalized spacial score (nSPS) is 38.4. The number of hydrogen-bond acceptors (Lipinski definition) is 3. The van der Waals surface area contributed by atoms with Crippen LogP contribution in [0.25, 0.3) is 0 Å². The monoisotopic (exact) mass is 258 g/mol. The number of thioether (sulfide) groups is 2. The Bertz CT molecular complexity index is 255. The van der Waals surface area contributed by atoms with Crippen LogP contribution < -0.4 is 5.32 Å². The number of nitrogens with one attached hydrogen (secondary N) is 1. The molecule has 2 nitrogen and oxygen atoms in total. The molecule has 4 heteroatoms. The molecule has 3 atom stereocenters. The van der Waals surface area contributed by atoms with Gasteiger partial charge in [0.25, 0.3) is 0 Å². The van der Waals surface area contributed by atoms with Crippen LogP contribution >= 0.6 is 23.5 Å². The van der Waals surface area contributed by atoms with E-state index in [4.69, 9.17) is 4.99 Å². The van der Waals surface area contributed by atoms with E-state index in [0.29, 0.717) is 12.1 Å². The zero-order chi connectivity index (χ0) is 11.4. The number of rotatable bonds is 2. The van der Waals surface area contributed by atoms with Crippen molar-refractivity contribution in [2.24, 2.45) is 4.99 Å². The van der Waals surface area contributed by atoms with E-state index in [1.807, 2.05) is 23.5 Å². The molecule has 1 saturated carbocycles. The van der Waals surface area contributed by atoms with E-state index >= 15 is 0 Å². The maximum Gasteiger partial charge on any atom is 0.157 e. The maximum atomic E-state index is 4.95. The number of nitrogens with zero attached hydrogens (tertiary/aromatic N) is 1. The van der Waals surface area contributed by atoms with Crippen LogP contribution in [0.3, 0.4) is 0 Å². The fraction of sp³-hybridized carbons (Fsp3) is 0.917. The fourth-order valence-corrected chi connectivity index (χ4v) is 4.45. The van der Waals surface area contributed by atoms with Crippen molar-refractivity contribution in [1.29, 1.82) is 0 Å². The summed E-state index contributed by atoms with van der Waals surface area (Å²) in [4.78, 5) is 4.95. The largest absolute Gasteiger partial charge is 0.362 e. The Balaban J connectivity index is 1.97. The number of hydrogen-bond donors (Lipinski definition) is 1. The molecule has 1 heterocycles. The van der Waals surface area contributed by atoms with Gasteiger partial charge in [-0.3, -0.25) is 4.99 Å². The van der Waals surface area contributed by atoms with Gasteiger partial charge >= 0.3 is 0 Å². The van der Waals surface area contributed by atoms with E-state index in [1.54, 1.807) is 0 Å². The lowest BCUT2D eigenvalue weighted by molar-refractivity contribution is 0.454. The topological polar surface area (TPSA) is 24.4 Å². The van der Waals surface area contributed by atoms with E-state index in [-0.39, 0.29) is 0 Å². The first kappa shape index (κ1) is 12.6. The molecule has 1 aliphatic heterocycles. The van der Waals surface area contributed by atoms with Gasteiger partial charge in [0, 0.05) is 17.0 Å². The number of aliphatic imine (C=N–C) groups is 1. The molecule has 1 N–H and O–H groups in total. The molecular weight excluding hydrogens is 236 g/mol. The van der Waals surface area contributed by atoms with E-state index in [0.717, 1.165) is 5.25 Å². The lowest BCUT2D eigenvalue weighted by atomic mass is 9.95. The van der Waals surface area contributed by atoms with Crippen molar-refractivity contribution in [2.75, 3.05) is 12.0 Å². The molecule has 0 radical (unpaired) electrons. The lowest BCUT2D eigenvalue weighted by Crippen LogP contribution is -2.37. The van der Waals surface area contributed by atoms with Gasteiger partial charge < -0.3 is 5.32 Å². The van der Waals surface area contributed by atoms with Crippen LogP contribution in [0.5, 0.6) is 0 Å². The molecule has 1 saturated heterocycles. The molecule has 3 unspecified atom stereocenters. The maximum absolute atomic E-state index is 4.95. The van der Waals surface area contributed by atoms with Crippen molar-refractivity contribution in [2.45, 2.75) is 56.4 Å². The van der Waals surface area contributed by atoms with E-state index in [1.165, 1.54) is 43.0 Å². The molecule has 0 aromatic rings. The Labute approximate surface area is 107 Å². The van der Waals surface area contributed by atoms with Gasteiger partial charge in [-0.15, -0.1) is 0 Å². The van der Waals surface area contributed by atoms with Gasteiger partial charge in [0.1, 0.15) is 0 Å². The first-order valence-corrected chi connectivity index (χ1v) is 8.57. The summed E-state index contributed by atoms with van der Waals surface area (Å²) in [6.45, 7) is 2.25. The second-order valence-electron chi connectivity index (χ2n) is 4.74. The molecule has 2 aliphatic rings. The first-order chi connectivity index (χ1) is 7.79. The quantitative estimate of drug-likeness (QED) is 0.823. The van der Waals surface area contributed by atoms with Gasteiger partial charge in [0.2, 0.25) is 0 Å². The molecule has 0 bridgehead atoms. The van der Waals surface area contributed by atoms with Crippen LogP contribution in [0.2, 0.25) is 0 Å². The summed E-state index contributed by atoms with van der Waals surface area (Å²) in [5.41, 5.74) is 0. The average molecular weight is 258 g/mol. The minimum Gasteiger partial charge on any atom is -0.362 e. The van der Waals surface area contributed by atoms with Crippen molar-refractivity contribution in [3.63, 3.8) is 0 Å². The highest BCUT2D eigenvalue weighted by molar-refractivity contribution is 8.13. The second-order valence-corrected chi connectivity index (χ2v) is 6.90. The van der Waals surface area contributed by atoms with Gasteiger partial charge in [0.15, 0.2) is 5.17 Å². The summed E-state index contributed by atoms with van der Waals surface area (Å²) in [5, 5.41) is 5.46. The SMILES string of the molecule is CSC1CCCCC1N=C1NC(C)CCS1. The minimum atomic E-state index is 0.559. The summed E-state index contributed by atoms with van der Waals surface area (Å²) in [6, 6.07) is 1.17. The van der Waals surface area contributed by atoms with Crippen LogP contribution in [0.15, 0.2) is 4.99 Å². The van der Waals surface area contributed by atoms with Crippen molar-refractivity contribution in [1.82, 2.24) is 5.32 Å². The Morgan fingerprint density at radius 3 is 2.88 bits per heavy atom. The smallest absolute Gasteiger partial charge is 0.157 e. The Morgan fingerprint density at radius 1 is 1.31 bits per heavy atom. The van der Waals surface area contributed by atoms with Crippen molar-refractivity contribution in [3.8, 4) is 0 Å². The minimum absolute atomic E-state index is 0.559. The highest BCUT2D eigenvalue weighted by Crippen LogP contribution is 2.30. The van der Waals surface area contributed by atoms with Crippen molar-refractivity contribution in [3.05, 3.63) is 0 Å². The molecule has 0 spiro atoms. The van der Waals surface area contributed by atoms with Gasteiger partial charge in [-0.05, 0) is 32.4 Å². The van der Waals surface area contributed by atoms with Gasteiger partial charge in [-0.1, -0.05) is 24.6 Å². The first-order valence-electron chi connectivity index (χ1n) is 6.29. The predicted molar refractivity (Wildman–Crippen MR) is 76.7 cm³/mol. The molecule has 16 heavy (non-hydrogen) atoms. The number of amidine groups is 1. The summed E-state index contributed by atoms with van der Waals surface area (Å²) in [7, 11) is 0. The van der Waals surface area contributed by atoms with Crippen LogP contribution in [0.4, 0.5) is 0 Å². The molecule has 0 aromatic carbocycles. The fourth-order valence-electron chi connectivity index (χ4n) is 2.38. The Morgan fingerprint density at radius 2 is 2.12 bits per heavy atom. The van der Waals surface area contributed by atoms with E-state index in [2.05, 4.69) is 18.5 Å². The zero-order valence-corrected chi connectivity index (χ0v) is 11.9. The molecule has 92 valence electrons. The van der Waals surface area contributed by atoms with E-state index in [9.17, 15) is 0 Å². The standard InChI is InChI=1S/C12H22N2S2/c1-9-7-8-16-12(13-9)14-10-5-3-4-6-11(10)15-2/h9-11H,3-8H2,1-2H3,(H,13,14). The van der Waals surface area contributed by atoms with Crippen LogP contribution in [0.1, 0.15) is 39.0 Å². The Hall–Kier alpha value is 0.170. The van der Waals surface area contributed by atoms with E-state index < -0.39 is 0 Å². The zero-order valence-electron chi connectivity index (χ0n) is 10.2. The third-order valence-electron chi connectivity index (χ3n) is 3.41. The van der Waals surface area contributed by atoms with Gasteiger partial charge in [-0.25, -0.2) is 0 Å². The molecule has 1 aliphatic carbocycles. The third-order valence-corrected chi connectivity index (χ3v) is 5.50. The summed E-state index contributed by atoms with van der Waals surface area (Å²) in [6.07, 6.45) is 8.88. The molecule has 2 rings (SSSR count). The summed E-state index contributed by atoms with van der Waals surface area (Å²) >= 11 is 3.90. The predicted octanol–water partition coefficient (Wildman–Crippen LogP) is 3.13. The van der Waals surface area contributed by atoms with Gasteiger partial charge in [0.05, 0.1) is 6.04 Å². The Kier molecular flexibility index (Phi) is 4.89. The molecule has 0 aromatic heterocycles. The molecular formula is C12H22N2S2. The van der Waals surface area contributed by atoms with Crippen molar-refractivity contribution >= 4 is 28.7 Å². The second kappa shape index (κ2) is 6.20. The van der Waals surface area contributed by atoms with Gasteiger partial charge in [-0.2, -0.15) is 11.8 Å². The summed E-state index contributed by atoms with van der Waals surface area (Å²) in [5.74, 6) is 1.23. The van der Waals surface area contributed by atoms with Crippen LogP contribution in [0, 0.1) is 0 Å². The van der Waals surface area contributed by atoms with Crippen LogP contribution in [-0.2, 0) is 0 Å². The highest BCUT2D eigenvalue weighted by Gasteiger charge is 2.25. The van der Waals surface area contributed by atoms with Crippen LogP contribution in [-0.4, -0.2) is 34.5 Å². The van der Waals surface area contributed by atoms with Crippen molar-refractivity contribution < 1.29 is 0 Å². The lowest BCUT2D eigenvalue weighted by Gasteiger charge is -2.29. The highest BCUT2D eigenvalue weighted by atomic mass is 32.2. The third kappa shape index (κ3) is 3.33.